The number of H-pyrrole nitrogens is 1. The molecule has 1 aromatic carbocycles. The largest absolute Gasteiger partial charge is 0.306 e. The first-order valence-corrected chi connectivity index (χ1v) is 8.46. The summed E-state index contributed by atoms with van der Waals surface area (Å²) in [6.45, 7) is 2.96. The molecule has 3 nitrogen and oxygen atoms in total. The lowest BCUT2D eigenvalue weighted by Gasteiger charge is -2.14. The van der Waals surface area contributed by atoms with Crippen LogP contribution in [0, 0.1) is 0 Å². The van der Waals surface area contributed by atoms with Crippen molar-refractivity contribution < 1.29 is 0 Å². The zero-order chi connectivity index (χ0) is 14.7. The smallest absolute Gasteiger partial charge is 0.0794 e. The van der Waals surface area contributed by atoms with E-state index in [4.69, 9.17) is 0 Å². The van der Waals surface area contributed by atoms with Crippen LogP contribution in [-0.2, 0) is 6.54 Å². The molecule has 21 heavy (non-hydrogen) atoms. The number of thiophene rings is 1. The van der Waals surface area contributed by atoms with E-state index in [2.05, 4.69) is 74.1 Å². The first kappa shape index (κ1) is 14.5. The summed E-state index contributed by atoms with van der Waals surface area (Å²) in [5, 5.41) is 12.9. The predicted molar refractivity (Wildman–Crippen MR) is 91.3 cm³/mol. The Kier molecular flexibility index (Phi) is 4.53. The molecule has 3 aromatic rings. The van der Waals surface area contributed by atoms with E-state index in [1.54, 1.807) is 11.3 Å². The second kappa shape index (κ2) is 6.56. The van der Waals surface area contributed by atoms with Crippen LogP contribution in [0.4, 0.5) is 0 Å². The van der Waals surface area contributed by atoms with Crippen LogP contribution in [0.25, 0.3) is 10.6 Å². The quantitative estimate of drug-likeness (QED) is 0.688. The van der Waals surface area contributed by atoms with Gasteiger partial charge in [0.15, 0.2) is 0 Å². The van der Waals surface area contributed by atoms with Crippen molar-refractivity contribution in [3.63, 3.8) is 0 Å². The van der Waals surface area contributed by atoms with Gasteiger partial charge in [0, 0.05) is 22.6 Å². The van der Waals surface area contributed by atoms with E-state index in [1.165, 1.54) is 16.0 Å². The molecule has 0 radical (unpaired) electrons. The average molecular weight is 362 g/mol. The lowest BCUT2D eigenvalue weighted by Crippen LogP contribution is -2.18. The first-order chi connectivity index (χ1) is 10.2. The van der Waals surface area contributed by atoms with E-state index in [-0.39, 0.29) is 6.04 Å². The van der Waals surface area contributed by atoms with Gasteiger partial charge in [0.1, 0.15) is 0 Å². The molecule has 1 atom stereocenters. The number of hydrogen-bond acceptors (Lipinski definition) is 3. The summed E-state index contributed by atoms with van der Waals surface area (Å²) in [5.41, 5.74) is 3.57. The molecule has 2 heterocycles. The fourth-order valence-corrected chi connectivity index (χ4v) is 3.41. The summed E-state index contributed by atoms with van der Waals surface area (Å²) in [6, 6.07) is 12.8. The summed E-state index contributed by atoms with van der Waals surface area (Å²) in [5.74, 6) is 0. The summed E-state index contributed by atoms with van der Waals surface area (Å²) < 4.78 is 1.11. The minimum absolute atomic E-state index is 0.286. The van der Waals surface area contributed by atoms with Crippen molar-refractivity contribution in [1.29, 1.82) is 0 Å². The maximum absolute atomic E-state index is 4.18. The van der Waals surface area contributed by atoms with Crippen molar-refractivity contribution in [3.8, 4) is 10.6 Å². The number of aromatic amines is 1. The zero-order valence-electron chi connectivity index (χ0n) is 11.6. The van der Waals surface area contributed by atoms with E-state index in [1.807, 2.05) is 12.3 Å². The number of rotatable bonds is 5. The highest BCUT2D eigenvalue weighted by atomic mass is 79.9. The molecule has 0 spiro atoms. The number of nitrogens with zero attached hydrogens (tertiary/aromatic N) is 1. The number of benzene rings is 1. The summed E-state index contributed by atoms with van der Waals surface area (Å²) >= 11 is 5.24. The number of hydrogen-bond donors (Lipinski definition) is 2. The van der Waals surface area contributed by atoms with Crippen LogP contribution in [0.2, 0.25) is 0 Å². The van der Waals surface area contributed by atoms with Gasteiger partial charge in [0.2, 0.25) is 0 Å². The van der Waals surface area contributed by atoms with Gasteiger partial charge in [0.25, 0.3) is 0 Å². The SMILES string of the molecule is C[C@@H](NCc1cn[nH]c1-c1cccs1)c1cccc(Br)c1. The molecule has 108 valence electrons. The van der Waals surface area contributed by atoms with Gasteiger partial charge >= 0.3 is 0 Å². The second-order valence-corrected chi connectivity index (χ2v) is 6.77. The monoisotopic (exact) mass is 361 g/mol. The van der Waals surface area contributed by atoms with Crippen molar-refractivity contribution in [3.05, 3.63) is 63.6 Å². The van der Waals surface area contributed by atoms with Gasteiger partial charge in [-0.15, -0.1) is 11.3 Å². The fraction of sp³-hybridized carbons (Fsp3) is 0.188. The average Bonchev–Trinajstić information content (AvgIpc) is 3.15. The number of nitrogens with one attached hydrogen (secondary N) is 2. The Labute approximate surface area is 136 Å². The minimum atomic E-state index is 0.286. The Hall–Kier alpha value is -1.43. The molecule has 5 heteroatoms. The normalized spacial score (nSPS) is 12.5. The standard InChI is InChI=1S/C16H16BrN3S/c1-11(12-4-2-5-14(17)8-12)18-9-13-10-19-20-16(13)15-6-3-7-21-15/h2-8,10-11,18H,9H2,1H3,(H,19,20)/t11-/m1/s1. The molecule has 0 bridgehead atoms. The highest BCUT2D eigenvalue weighted by molar-refractivity contribution is 9.10. The summed E-state index contributed by atoms with van der Waals surface area (Å²) in [7, 11) is 0. The van der Waals surface area contributed by atoms with E-state index < -0.39 is 0 Å². The molecule has 0 saturated heterocycles. The van der Waals surface area contributed by atoms with Gasteiger partial charge in [-0.1, -0.05) is 34.1 Å². The van der Waals surface area contributed by atoms with E-state index >= 15 is 0 Å². The maximum atomic E-state index is 4.18. The van der Waals surface area contributed by atoms with Crippen molar-refractivity contribution in [1.82, 2.24) is 15.5 Å². The molecular formula is C16H16BrN3S. The molecule has 0 unspecified atom stereocenters. The highest BCUT2D eigenvalue weighted by Gasteiger charge is 2.11. The van der Waals surface area contributed by atoms with Crippen LogP contribution < -0.4 is 5.32 Å². The van der Waals surface area contributed by atoms with Crippen LogP contribution in [0.15, 0.2) is 52.4 Å². The summed E-state index contributed by atoms with van der Waals surface area (Å²) in [6.07, 6.45) is 1.90. The molecule has 0 aliphatic rings. The lowest BCUT2D eigenvalue weighted by atomic mass is 10.1. The molecule has 2 aromatic heterocycles. The maximum Gasteiger partial charge on any atom is 0.0794 e. The van der Waals surface area contributed by atoms with Crippen LogP contribution in [0.5, 0.6) is 0 Å². The van der Waals surface area contributed by atoms with Crippen LogP contribution in [0.1, 0.15) is 24.1 Å². The minimum Gasteiger partial charge on any atom is -0.306 e. The van der Waals surface area contributed by atoms with E-state index in [0.29, 0.717) is 0 Å². The van der Waals surface area contributed by atoms with Gasteiger partial charge in [-0.3, -0.25) is 5.10 Å². The van der Waals surface area contributed by atoms with Crippen LogP contribution >= 0.6 is 27.3 Å². The predicted octanol–water partition coefficient (Wildman–Crippen LogP) is 4.75. The fourth-order valence-electron chi connectivity index (χ4n) is 2.24. The Morgan fingerprint density at radius 1 is 1.33 bits per heavy atom. The Bertz CT molecular complexity index is 706. The van der Waals surface area contributed by atoms with Crippen molar-refractivity contribution >= 4 is 27.3 Å². The zero-order valence-corrected chi connectivity index (χ0v) is 14.0. The van der Waals surface area contributed by atoms with Gasteiger partial charge < -0.3 is 5.32 Å². The Morgan fingerprint density at radius 2 is 2.24 bits per heavy atom. The van der Waals surface area contributed by atoms with Crippen LogP contribution in [0.3, 0.4) is 0 Å². The van der Waals surface area contributed by atoms with Gasteiger partial charge in [0.05, 0.1) is 16.8 Å². The van der Waals surface area contributed by atoms with Gasteiger partial charge in [-0.2, -0.15) is 5.10 Å². The summed E-state index contributed by atoms with van der Waals surface area (Å²) in [4.78, 5) is 1.22. The van der Waals surface area contributed by atoms with E-state index in [0.717, 1.165) is 16.7 Å². The topological polar surface area (TPSA) is 40.7 Å². The molecule has 0 aliphatic carbocycles. The third-order valence-electron chi connectivity index (χ3n) is 3.43. The number of halogens is 1. The molecule has 0 fully saturated rings. The first-order valence-electron chi connectivity index (χ1n) is 6.79. The molecule has 0 saturated carbocycles. The third kappa shape index (κ3) is 3.43. The van der Waals surface area contributed by atoms with Crippen molar-refractivity contribution in [2.75, 3.05) is 0 Å². The number of aromatic nitrogens is 2. The van der Waals surface area contributed by atoms with Crippen LogP contribution in [-0.4, -0.2) is 10.2 Å². The van der Waals surface area contributed by atoms with Crippen molar-refractivity contribution in [2.24, 2.45) is 0 Å². The molecule has 0 aliphatic heterocycles. The highest BCUT2D eigenvalue weighted by Crippen LogP contribution is 2.26. The molecular weight excluding hydrogens is 346 g/mol. The Morgan fingerprint density at radius 3 is 3.00 bits per heavy atom. The third-order valence-corrected chi connectivity index (χ3v) is 4.81. The van der Waals surface area contributed by atoms with Gasteiger partial charge in [-0.25, -0.2) is 0 Å². The Balaban J connectivity index is 1.70. The van der Waals surface area contributed by atoms with Gasteiger partial charge in [-0.05, 0) is 36.1 Å². The van der Waals surface area contributed by atoms with E-state index in [9.17, 15) is 0 Å². The second-order valence-electron chi connectivity index (χ2n) is 4.91. The molecule has 0 amide bonds. The lowest BCUT2D eigenvalue weighted by molar-refractivity contribution is 0.575. The van der Waals surface area contributed by atoms with Crippen molar-refractivity contribution in [2.45, 2.75) is 19.5 Å². The molecule has 3 rings (SSSR count). The molecule has 2 N–H and O–H groups in total.